The highest BCUT2D eigenvalue weighted by Gasteiger charge is 2.10. The third-order valence-corrected chi connectivity index (χ3v) is 3.88. The van der Waals surface area contributed by atoms with Crippen molar-refractivity contribution in [2.45, 2.75) is 11.3 Å². The lowest BCUT2D eigenvalue weighted by Gasteiger charge is -2.09. The Morgan fingerprint density at radius 2 is 1.95 bits per heavy atom. The van der Waals surface area contributed by atoms with Crippen molar-refractivity contribution in [2.75, 3.05) is 33.5 Å². The van der Waals surface area contributed by atoms with Crippen molar-refractivity contribution in [3.8, 4) is 5.75 Å². The first-order valence-electron chi connectivity index (χ1n) is 5.97. The van der Waals surface area contributed by atoms with Gasteiger partial charge >= 0.3 is 0 Å². The number of methoxy groups -OCH3 is 1. The summed E-state index contributed by atoms with van der Waals surface area (Å²) >= 11 is 3.24. The smallest absolute Gasteiger partial charge is 0.238 e. The molecule has 8 heteroatoms. The highest BCUT2D eigenvalue weighted by Crippen LogP contribution is 2.27. The van der Waals surface area contributed by atoms with E-state index in [1.807, 2.05) is 0 Å². The van der Waals surface area contributed by atoms with Crippen LogP contribution < -0.4 is 9.88 Å². The fourth-order valence-corrected chi connectivity index (χ4v) is 2.58. The highest BCUT2D eigenvalue weighted by molar-refractivity contribution is 9.10. The van der Waals surface area contributed by atoms with Gasteiger partial charge in [0.2, 0.25) is 10.0 Å². The molecular formula is C12H18BrNO5S. The molecule has 1 rings (SSSR count). The van der Waals surface area contributed by atoms with E-state index in [0.29, 0.717) is 36.6 Å². The van der Waals surface area contributed by atoms with Crippen molar-refractivity contribution in [1.29, 1.82) is 0 Å². The minimum atomic E-state index is -3.70. The number of hydrogen-bond acceptors (Lipinski definition) is 5. The Hall–Kier alpha value is -0.670. The van der Waals surface area contributed by atoms with Crippen molar-refractivity contribution in [1.82, 2.24) is 0 Å². The van der Waals surface area contributed by atoms with E-state index < -0.39 is 10.0 Å². The molecule has 0 radical (unpaired) electrons. The number of nitrogens with two attached hydrogens (primary N) is 1. The molecular weight excluding hydrogens is 350 g/mol. The van der Waals surface area contributed by atoms with Gasteiger partial charge in [-0.3, -0.25) is 0 Å². The summed E-state index contributed by atoms with van der Waals surface area (Å²) in [5.74, 6) is 0.540. The van der Waals surface area contributed by atoms with Crippen LogP contribution in [0.4, 0.5) is 0 Å². The average Bonchev–Trinajstić information content (AvgIpc) is 2.38. The molecule has 0 atom stereocenters. The first-order valence-corrected chi connectivity index (χ1v) is 8.31. The summed E-state index contributed by atoms with van der Waals surface area (Å²) in [7, 11) is -2.06. The molecule has 0 aliphatic rings. The Morgan fingerprint density at radius 3 is 2.55 bits per heavy atom. The van der Waals surface area contributed by atoms with Crippen LogP contribution in [0.5, 0.6) is 5.75 Å². The van der Waals surface area contributed by atoms with Crippen LogP contribution in [0, 0.1) is 0 Å². The Morgan fingerprint density at radius 1 is 1.20 bits per heavy atom. The Bertz CT molecular complexity index is 521. The lowest BCUT2D eigenvalue weighted by atomic mass is 10.3. The lowest BCUT2D eigenvalue weighted by molar-refractivity contribution is 0.0804. The van der Waals surface area contributed by atoms with Gasteiger partial charge in [-0.25, -0.2) is 13.6 Å². The molecule has 0 fully saturated rings. The quantitative estimate of drug-likeness (QED) is 0.668. The van der Waals surface area contributed by atoms with Crippen LogP contribution in [0.3, 0.4) is 0 Å². The van der Waals surface area contributed by atoms with Gasteiger partial charge in [-0.2, -0.15) is 0 Å². The summed E-state index contributed by atoms with van der Waals surface area (Å²) < 4.78 is 38.6. The molecule has 0 saturated heterocycles. The SMILES string of the molecule is COCCCOCCOc1ccc(S(N)(=O)=O)cc1Br. The van der Waals surface area contributed by atoms with Crippen molar-refractivity contribution in [2.24, 2.45) is 5.14 Å². The number of rotatable bonds is 9. The molecule has 0 aromatic heterocycles. The topological polar surface area (TPSA) is 87.8 Å². The van der Waals surface area contributed by atoms with Crippen LogP contribution in [0.2, 0.25) is 0 Å². The fourth-order valence-electron chi connectivity index (χ4n) is 1.39. The van der Waals surface area contributed by atoms with Gasteiger partial charge in [-0.1, -0.05) is 0 Å². The van der Waals surface area contributed by atoms with E-state index in [9.17, 15) is 8.42 Å². The number of ether oxygens (including phenoxy) is 3. The van der Waals surface area contributed by atoms with Crippen LogP contribution in [-0.2, 0) is 19.5 Å². The van der Waals surface area contributed by atoms with Gasteiger partial charge in [0.15, 0.2) is 0 Å². The molecule has 0 aliphatic heterocycles. The molecule has 0 saturated carbocycles. The van der Waals surface area contributed by atoms with Gasteiger partial charge in [0.1, 0.15) is 12.4 Å². The van der Waals surface area contributed by atoms with E-state index in [4.69, 9.17) is 19.3 Å². The Kier molecular flexibility index (Phi) is 7.46. The van der Waals surface area contributed by atoms with Crippen LogP contribution in [0.1, 0.15) is 6.42 Å². The van der Waals surface area contributed by atoms with E-state index in [-0.39, 0.29) is 4.90 Å². The highest BCUT2D eigenvalue weighted by atomic mass is 79.9. The molecule has 1 aromatic rings. The summed E-state index contributed by atoms with van der Waals surface area (Å²) in [4.78, 5) is 0.0348. The van der Waals surface area contributed by atoms with Gasteiger partial charge in [-0.05, 0) is 40.5 Å². The van der Waals surface area contributed by atoms with Gasteiger partial charge in [0.25, 0.3) is 0 Å². The first-order chi connectivity index (χ1) is 9.45. The zero-order chi connectivity index (χ0) is 15.0. The van der Waals surface area contributed by atoms with Crippen molar-refractivity contribution >= 4 is 26.0 Å². The second kappa shape index (κ2) is 8.58. The van der Waals surface area contributed by atoms with Crippen molar-refractivity contribution < 1.29 is 22.6 Å². The van der Waals surface area contributed by atoms with Gasteiger partial charge in [0.05, 0.1) is 16.0 Å². The predicted octanol–water partition coefficient (Wildman–Crippen LogP) is 1.53. The van der Waals surface area contributed by atoms with Crippen LogP contribution in [0.15, 0.2) is 27.6 Å². The lowest BCUT2D eigenvalue weighted by Crippen LogP contribution is -2.12. The summed E-state index contributed by atoms with van der Waals surface area (Å²) in [6.45, 7) is 2.11. The molecule has 0 bridgehead atoms. The monoisotopic (exact) mass is 367 g/mol. The average molecular weight is 368 g/mol. The molecule has 0 heterocycles. The van der Waals surface area contributed by atoms with Crippen LogP contribution >= 0.6 is 15.9 Å². The maximum Gasteiger partial charge on any atom is 0.238 e. The Labute approximate surface area is 127 Å². The molecule has 0 aliphatic carbocycles. The fraction of sp³-hybridized carbons (Fsp3) is 0.500. The van der Waals surface area contributed by atoms with E-state index in [1.54, 1.807) is 13.2 Å². The molecule has 6 nitrogen and oxygen atoms in total. The van der Waals surface area contributed by atoms with Gasteiger partial charge in [-0.15, -0.1) is 0 Å². The molecule has 0 amide bonds. The maximum absolute atomic E-state index is 11.2. The van der Waals surface area contributed by atoms with Crippen molar-refractivity contribution in [3.05, 3.63) is 22.7 Å². The number of primary sulfonamides is 1. The number of benzene rings is 1. The predicted molar refractivity (Wildman–Crippen MR) is 78.3 cm³/mol. The summed E-state index contributed by atoms with van der Waals surface area (Å²) in [5, 5.41) is 5.04. The zero-order valence-corrected chi connectivity index (χ0v) is 13.6. The van der Waals surface area contributed by atoms with E-state index in [1.165, 1.54) is 12.1 Å². The van der Waals surface area contributed by atoms with Gasteiger partial charge < -0.3 is 14.2 Å². The minimum Gasteiger partial charge on any atom is -0.490 e. The second-order valence-corrected chi connectivity index (χ2v) is 6.36. The molecule has 0 spiro atoms. The minimum absolute atomic E-state index is 0.0348. The second-order valence-electron chi connectivity index (χ2n) is 3.94. The molecule has 1 aromatic carbocycles. The number of sulfonamides is 1. The maximum atomic E-state index is 11.2. The third kappa shape index (κ3) is 6.19. The van der Waals surface area contributed by atoms with Crippen LogP contribution in [-0.4, -0.2) is 42.0 Å². The van der Waals surface area contributed by atoms with E-state index in [2.05, 4.69) is 15.9 Å². The molecule has 2 N–H and O–H groups in total. The summed E-state index contributed by atoms with van der Waals surface area (Å²) in [6.07, 6.45) is 0.837. The summed E-state index contributed by atoms with van der Waals surface area (Å²) in [6, 6.07) is 4.35. The van der Waals surface area contributed by atoms with Crippen molar-refractivity contribution in [3.63, 3.8) is 0 Å². The van der Waals surface area contributed by atoms with Gasteiger partial charge in [0, 0.05) is 20.3 Å². The molecule has 114 valence electrons. The van der Waals surface area contributed by atoms with Crippen LogP contribution in [0.25, 0.3) is 0 Å². The zero-order valence-electron chi connectivity index (χ0n) is 11.2. The standard InChI is InChI=1S/C12H18BrNO5S/c1-17-5-2-6-18-7-8-19-12-4-3-10(9-11(12)13)20(14,15)16/h3-4,9H,2,5-8H2,1H3,(H2,14,15,16). The number of halogens is 1. The van der Waals surface area contributed by atoms with E-state index in [0.717, 1.165) is 6.42 Å². The Balaban J connectivity index is 2.38. The third-order valence-electron chi connectivity index (χ3n) is 2.35. The largest absolute Gasteiger partial charge is 0.490 e. The molecule has 20 heavy (non-hydrogen) atoms. The normalized spacial score (nSPS) is 11.6. The number of hydrogen-bond donors (Lipinski definition) is 1. The summed E-state index contributed by atoms with van der Waals surface area (Å²) in [5.41, 5.74) is 0. The first kappa shape index (κ1) is 17.4. The molecule has 0 unspecified atom stereocenters. The van der Waals surface area contributed by atoms with E-state index >= 15 is 0 Å².